The molecule has 58 heavy (non-hydrogen) atoms. The number of aliphatic imine (C=N–C) groups is 1. The van der Waals surface area contributed by atoms with Gasteiger partial charge in [-0.1, -0.05) is 194 Å². The number of dihydropyridines is 1. The second-order valence-corrected chi connectivity index (χ2v) is 13.7. The number of benzene rings is 5. The van der Waals surface area contributed by atoms with E-state index >= 15 is 0 Å². The highest BCUT2D eigenvalue weighted by Gasteiger charge is 2.32. The normalized spacial score (nSPS) is 18.0. The Balaban J connectivity index is 0.000000694. The second-order valence-electron chi connectivity index (χ2n) is 13.7. The molecule has 1 heteroatoms. The minimum atomic E-state index is 0.273. The Hall–Kier alpha value is -5.71. The third-order valence-corrected chi connectivity index (χ3v) is 11.0. The summed E-state index contributed by atoms with van der Waals surface area (Å²) in [6.45, 7) is 19.2. The van der Waals surface area contributed by atoms with Gasteiger partial charge in [0, 0.05) is 30.5 Å². The molecule has 0 fully saturated rings. The summed E-state index contributed by atoms with van der Waals surface area (Å²) in [6.07, 6.45) is 31.6. The van der Waals surface area contributed by atoms with Crippen LogP contribution in [0.2, 0.25) is 0 Å². The summed E-state index contributed by atoms with van der Waals surface area (Å²) in [5.41, 5.74) is 16.9. The number of allylic oxidation sites excluding steroid dienone is 9. The molecule has 1 nitrogen and oxygen atoms in total. The van der Waals surface area contributed by atoms with Crippen molar-refractivity contribution in [3.63, 3.8) is 0 Å². The van der Waals surface area contributed by atoms with Crippen LogP contribution >= 0.6 is 0 Å². The van der Waals surface area contributed by atoms with Gasteiger partial charge >= 0.3 is 0 Å². The standard InChI is InChI=1S/C47H39N.4C2H6.C2H2/c1-31-36-14-4-6-17-39(36)46(29-45(31)38-16-3-2-13-35(38)28-32-12-11-27-48-30-32)34-25-23-33(24-26-34)37-15-5-9-20-43-40-18-7-8-19-41(40)44-22-10-21-42(37)47(43)44;5*1-2/h2-23,25,27,29,32,37,43H,24,26,28,30H2,1H3;4*1-2H3;1-2H/b15-5?,20-9-;;;;;. The van der Waals surface area contributed by atoms with Crippen molar-refractivity contribution in [1.82, 2.24) is 0 Å². The van der Waals surface area contributed by atoms with E-state index in [-0.39, 0.29) is 5.92 Å². The van der Waals surface area contributed by atoms with Crippen LogP contribution in [0.4, 0.5) is 0 Å². The summed E-state index contributed by atoms with van der Waals surface area (Å²) in [7, 11) is 0. The predicted molar refractivity (Wildman–Crippen MR) is 259 cm³/mol. The molecule has 3 aliphatic carbocycles. The molecule has 298 valence electrons. The van der Waals surface area contributed by atoms with Crippen LogP contribution in [0.5, 0.6) is 0 Å². The largest absolute Gasteiger partial charge is 0.293 e. The molecule has 3 atom stereocenters. The highest BCUT2D eigenvalue weighted by atomic mass is 14.7. The summed E-state index contributed by atoms with van der Waals surface area (Å²) in [4.78, 5) is 4.54. The van der Waals surface area contributed by atoms with Gasteiger partial charge in [-0.05, 0) is 110 Å². The highest BCUT2D eigenvalue weighted by Crippen LogP contribution is 2.51. The molecule has 4 aliphatic rings. The average molecular weight is 764 g/mol. The zero-order valence-corrected chi connectivity index (χ0v) is 36.6. The molecule has 0 spiro atoms. The van der Waals surface area contributed by atoms with Crippen molar-refractivity contribution in [2.75, 3.05) is 6.54 Å². The van der Waals surface area contributed by atoms with E-state index in [1.807, 2.05) is 61.6 Å². The van der Waals surface area contributed by atoms with Gasteiger partial charge in [0.1, 0.15) is 0 Å². The van der Waals surface area contributed by atoms with Crippen molar-refractivity contribution < 1.29 is 0 Å². The summed E-state index contributed by atoms with van der Waals surface area (Å²) in [5, 5.41) is 2.69. The summed E-state index contributed by atoms with van der Waals surface area (Å²) >= 11 is 0. The Morgan fingerprint density at radius 3 is 1.86 bits per heavy atom. The van der Waals surface area contributed by atoms with Gasteiger partial charge in [-0.15, -0.1) is 12.8 Å². The van der Waals surface area contributed by atoms with Gasteiger partial charge < -0.3 is 0 Å². The average Bonchev–Trinajstić information content (AvgIpc) is 3.63. The molecule has 1 aliphatic heterocycles. The third kappa shape index (κ3) is 9.35. The topological polar surface area (TPSA) is 12.4 Å². The van der Waals surface area contributed by atoms with E-state index in [1.165, 1.54) is 77.6 Å². The first kappa shape index (κ1) is 45.0. The lowest BCUT2D eigenvalue weighted by Crippen LogP contribution is -2.09. The molecule has 3 unspecified atom stereocenters. The molecule has 0 N–H and O–H groups in total. The van der Waals surface area contributed by atoms with Crippen LogP contribution in [0.25, 0.3) is 38.6 Å². The van der Waals surface area contributed by atoms with Gasteiger partial charge in [0.25, 0.3) is 0 Å². The molecular weight excluding hydrogens is 699 g/mol. The Bertz CT molecular complexity index is 2320. The zero-order valence-electron chi connectivity index (χ0n) is 36.6. The van der Waals surface area contributed by atoms with Gasteiger partial charge in [0.2, 0.25) is 0 Å². The quantitative estimate of drug-likeness (QED) is 0.158. The fourth-order valence-corrected chi connectivity index (χ4v) is 8.69. The van der Waals surface area contributed by atoms with Crippen LogP contribution in [0, 0.1) is 25.7 Å². The van der Waals surface area contributed by atoms with Gasteiger partial charge in [-0.2, -0.15) is 0 Å². The molecule has 5 aromatic rings. The Morgan fingerprint density at radius 1 is 0.552 bits per heavy atom. The van der Waals surface area contributed by atoms with Crippen LogP contribution in [0.1, 0.15) is 113 Å². The van der Waals surface area contributed by atoms with E-state index in [0.29, 0.717) is 11.8 Å². The van der Waals surface area contributed by atoms with Gasteiger partial charge in [0.05, 0.1) is 0 Å². The smallest absolute Gasteiger partial charge is 0.0455 e. The molecule has 0 saturated heterocycles. The minimum Gasteiger partial charge on any atom is -0.293 e. The van der Waals surface area contributed by atoms with Gasteiger partial charge in [0.15, 0.2) is 0 Å². The first-order valence-electron chi connectivity index (χ1n) is 21.8. The Morgan fingerprint density at radius 2 is 1.17 bits per heavy atom. The molecule has 0 amide bonds. The molecule has 0 radical (unpaired) electrons. The molecule has 9 rings (SSSR count). The predicted octanol–water partition coefficient (Wildman–Crippen LogP) is 16.1. The van der Waals surface area contributed by atoms with Crippen molar-refractivity contribution in [2.45, 2.75) is 93.4 Å². The lowest BCUT2D eigenvalue weighted by Gasteiger charge is -2.26. The first-order valence-corrected chi connectivity index (χ1v) is 21.8. The minimum absolute atomic E-state index is 0.273. The number of aryl methyl sites for hydroxylation is 1. The Kier molecular flexibility index (Phi) is 17.8. The summed E-state index contributed by atoms with van der Waals surface area (Å²) in [6, 6.07) is 36.4. The van der Waals surface area contributed by atoms with Crippen molar-refractivity contribution in [3.05, 3.63) is 185 Å². The number of rotatable bonds is 5. The van der Waals surface area contributed by atoms with E-state index in [4.69, 9.17) is 0 Å². The Labute approximate surface area is 351 Å². The summed E-state index contributed by atoms with van der Waals surface area (Å²) in [5.74, 6) is 1.03. The molecule has 0 saturated carbocycles. The molecule has 5 aromatic carbocycles. The van der Waals surface area contributed by atoms with Gasteiger partial charge in [-0.3, -0.25) is 4.99 Å². The van der Waals surface area contributed by atoms with E-state index in [0.717, 1.165) is 25.8 Å². The zero-order chi connectivity index (χ0) is 42.0. The van der Waals surface area contributed by atoms with E-state index in [2.05, 4.69) is 170 Å². The van der Waals surface area contributed by atoms with E-state index in [9.17, 15) is 0 Å². The van der Waals surface area contributed by atoms with Crippen LogP contribution in [-0.4, -0.2) is 12.8 Å². The number of fused-ring (bicyclic) bond motifs is 4. The lowest BCUT2D eigenvalue weighted by molar-refractivity contribution is 0.658. The van der Waals surface area contributed by atoms with Crippen molar-refractivity contribution >= 4 is 22.6 Å². The molecular formula is C57H65N. The molecule has 0 bridgehead atoms. The number of hydrogen-bond donors (Lipinski definition) is 0. The van der Waals surface area contributed by atoms with E-state index < -0.39 is 0 Å². The number of nitrogens with zero attached hydrogens (tertiary/aromatic N) is 1. The SMILES string of the molecule is C#C.CC.CC.CC.CC.Cc1c(-c2ccccc2CC2C=CC=NC2)cc(C2=CC=C(C3C=C/C=C\C4c5ccccc5-c5cccc3c54)CC2)c2ccccc12. The number of terminal acetylenes is 1. The maximum absolute atomic E-state index is 4.54. The lowest BCUT2D eigenvalue weighted by atomic mass is 9.77. The fourth-order valence-electron chi connectivity index (χ4n) is 8.69. The fraction of sp³-hybridized carbons (Fsp3) is 0.281. The first-order chi connectivity index (χ1) is 28.7. The van der Waals surface area contributed by atoms with E-state index in [1.54, 1.807) is 0 Å². The maximum atomic E-state index is 4.54. The van der Waals surface area contributed by atoms with Crippen LogP contribution in [-0.2, 0) is 6.42 Å². The molecule has 1 heterocycles. The number of hydrogen-bond acceptors (Lipinski definition) is 1. The van der Waals surface area contributed by atoms with Crippen LogP contribution in [0.3, 0.4) is 0 Å². The summed E-state index contributed by atoms with van der Waals surface area (Å²) < 4.78 is 0. The van der Waals surface area contributed by atoms with Crippen molar-refractivity contribution in [2.24, 2.45) is 10.9 Å². The van der Waals surface area contributed by atoms with Crippen LogP contribution in [0.15, 0.2) is 156 Å². The third-order valence-electron chi connectivity index (χ3n) is 11.0. The van der Waals surface area contributed by atoms with Crippen molar-refractivity contribution in [3.8, 4) is 35.1 Å². The maximum Gasteiger partial charge on any atom is 0.0455 e. The van der Waals surface area contributed by atoms with Crippen molar-refractivity contribution in [1.29, 1.82) is 0 Å². The van der Waals surface area contributed by atoms with Crippen LogP contribution < -0.4 is 0 Å². The second kappa shape index (κ2) is 22.9. The monoisotopic (exact) mass is 764 g/mol. The van der Waals surface area contributed by atoms with Gasteiger partial charge in [-0.25, -0.2) is 0 Å². The highest BCUT2D eigenvalue weighted by molar-refractivity contribution is 6.00. The molecule has 0 aromatic heterocycles.